The van der Waals surface area contributed by atoms with E-state index in [1.54, 1.807) is 0 Å². The standard InChI is InChI=1S/C10H17N3OS/c1-6-9(11)12-15-10(6)13(2)5-7-3-8(14)4-7/h7-8,14H,3-5H2,1-2H3,(H2,11,12). The molecule has 0 aromatic carbocycles. The van der Waals surface area contributed by atoms with Crippen LogP contribution in [-0.2, 0) is 0 Å². The van der Waals surface area contributed by atoms with Crippen LogP contribution in [0.15, 0.2) is 0 Å². The normalized spacial score (nSPS) is 25.0. The molecule has 0 radical (unpaired) electrons. The fourth-order valence-electron chi connectivity index (χ4n) is 2.01. The van der Waals surface area contributed by atoms with Crippen LogP contribution in [0.5, 0.6) is 0 Å². The van der Waals surface area contributed by atoms with Crippen molar-refractivity contribution in [1.82, 2.24) is 4.37 Å². The van der Waals surface area contributed by atoms with Gasteiger partial charge in [-0.3, -0.25) is 0 Å². The van der Waals surface area contributed by atoms with Gasteiger partial charge >= 0.3 is 0 Å². The van der Waals surface area contributed by atoms with Crippen LogP contribution in [-0.4, -0.2) is 29.2 Å². The molecule has 0 unspecified atom stereocenters. The summed E-state index contributed by atoms with van der Waals surface area (Å²) in [5.74, 6) is 1.25. The highest BCUT2D eigenvalue weighted by molar-refractivity contribution is 7.10. The zero-order valence-corrected chi connectivity index (χ0v) is 9.92. The van der Waals surface area contributed by atoms with Crippen molar-refractivity contribution in [2.45, 2.75) is 25.9 Å². The molecule has 5 heteroatoms. The number of aliphatic hydroxyl groups is 1. The summed E-state index contributed by atoms with van der Waals surface area (Å²) in [6.07, 6.45) is 1.78. The van der Waals surface area contributed by atoms with E-state index in [-0.39, 0.29) is 6.10 Å². The molecule has 2 rings (SSSR count). The van der Waals surface area contributed by atoms with Crippen molar-refractivity contribution in [3.05, 3.63) is 5.56 Å². The van der Waals surface area contributed by atoms with Crippen LogP contribution in [0.2, 0.25) is 0 Å². The van der Waals surface area contributed by atoms with Gasteiger partial charge in [0.05, 0.1) is 6.10 Å². The molecule has 0 saturated heterocycles. The van der Waals surface area contributed by atoms with E-state index in [0.717, 1.165) is 30.0 Å². The largest absolute Gasteiger partial charge is 0.393 e. The molecule has 1 heterocycles. The lowest BCUT2D eigenvalue weighted by Crippen LogP contribution is -2.37. The van der Waals surface area contributed by atoms with E-state index in [0.29, 0.717) is 11.7 Å². The molecule has 0 atom stereocenters. The maximum atomic E-state index is 9.21. The summed E-state index contributed by atoms with van der Waals surface area (Å²) in [6, 6.07) is 0. The third kappa shape index (κ3) is 2.08. The number of nitrogen functional groups attached to an aromatic ring is 1. The lowest BCUT2D eigenvalue weighted by Gasteiger charge is -2.34. The third-order valence-electron chi connectivity index (χ3n) is 3.03. The van der Waals surface area contributed by atoms with Gasteiger partial charge in [-0.15, -0.1) is 0 Å². The molecule has 0 aliphatic heterocycles. The summed E-state index contributed by atoms with van der Waals surface area (Å²) in [5, 5.41) is 10.4. The lowest BCUT2D eigenvalue weighted by atomic mass is 9.82. The van der Waals surface area contributed by atoms with Crippen molar-refractivity contribution < 1.29 is 5.11 Å². The van der Waals surface area contributed by atoms with Crippen molar-refractivity contribution in [3.63, 3.8) is 0 Å². The molecular weight excluding hydrogens is 210 g/mol. The Labute approximate surface area is 93.9 Å². The number of nitrogens with two attached hydrogens (primary N) is 1. The van der Waals surface area contributed by atoms with E-state index in [2.05, 4.69) is 16.3 Å². The number of aromatic nitrogens is 1. The minimum atomic E-state index is -0.0731. The molecule has 84 valence electrons. The second-order valence-electron chi connectivity index (χ2n) is 4.37. The summed E-state index contributed by atoms with van der Waals surface area (Å²) < 4.78 is 4.13. The van der Waals surface area contributed by atoms with Gasteiger partial charge in [0, 0.05) is 19.2 Å². The Balaban J connectivity index is 1.96. The molecule has 1 aliphatic rings. The quantitative estimate of drug-likeness (QED) is 0.815. The van der Waals surface area contributed by atoms with E-state index in [4.69, 9.17) is 5.73 Å². The molecule has 0 bridgehead atoms. The molecule has 1 saturated carbocycles. The SMILES string of the molecule is Cc1c(N)nsc1N(C)CC1CC(O)C1. The fraction of sp³-hybridized carbons (Fsp3) is 0.700. The maximum Gasteiger partial charge on any atom is 0.142 e. The highest BCUT2D eigenvalue weighted by Crippen LogP contribution is 2.33. The monoisotopic (exact) mass is 227 g/mol. The molecule has 15 heavy (non-hydrogen) atoms. The predicted octanol–water partition coefficient (Wildman–Crippen LogP) is 1.24. The van der Waals surface area contributed by atoms with Crippen LogP contribution in [0.25, 0.3) is 0 Å². The topological polar surface area (TPSA) is 62.4 Å². The van der Waals surface area contributed by atoms with Crippen molar-refractivity contribution in [1.29, 1.82) is 0 Å². The Morgan fingerprint density at radius 3 is 2.73 bits per heavy atom. The zero-order valence-electron chi connectivity index (χ0n) is 9.10. The van der Waals surface area contributed by atoms with Gasteiger partial charge in [-0.2, -0.15) is 4.37 Å². The van der Waals surface area contributed by atoms with Crippen LogP contribution >= 0.6 is 11.5 Å². The highest BCUT2D eigenvalue weighted by Gasteiger charge is 2.28. The van der Waals surface area contributed by atoms with Gasteiger partial charge in [-0.25, -0.2) is 0 Å². The van der Waals surface area contributed by atoms with E-state index < -0.39 is 0 Å². The zero-order chi connectivity index (χ0) is 11.0. The van der Waals surface area contributed by atoms with Gasteiger partial charge in [0.2, 0.25) is 0 Å². The number of aliphatic hydroxyl groups excluding tert-OH is 1. The highest BCUT2D eigenvalue weighted by atomic mass is 32.1. The first kappa shape index (κ1) is 10.7. The number of hydrogen-bond acceptors (Lipinski definition) is 5. The van der Waals surface area contributed by atoms with Gasteiger partial charge in [0.1, 0.15) is 10.8 Å². The van der Waals surface area contributed by atoms with Gasteiger partial charge in [-0.05, 0) is 37.2 Å². The number of rotatable bonds is 3. The van der Waals surface area contributed by atoms with Crippen LogP contribution in [0, 0.1) is 12.8 Å². The van der Waals surface area contributed by atoms with E-state index in [1.165, 1.54) is 11.5 Å². The summed E-state index contributed by atoms with van der Waals surface area (Å²) in [4.78, 5) is 2.19. The summed E-state index contributed by atoms with van der Waals surface area (Å²) in [7, 11) is 2.06. The van der Waals surface area contributed by atoms with Crippen molar-refractivity contribution in [3.8, 4) is 0 Å². The molecular formula is C10H17N3OS. The van der Waals surface area contributed by atoms with Gasteiger partial charge < -0.3 is 15.7 Å². The molecule has 1 aromatic rings. The summed E-state index contributed by atoms with van der Waals surface area (Å²) in [5.41, 5.74) is 6.78. The molecule has 3 N–H and O–H groups in total. The first-order valence-electron chi connectivity index (χ1n) is 5.19. The second-order valence-corrected chi connectivity index (χ2v) is 5.12. The molecule has 0 spiro atoms. The van der Waals surface area contributed by atoms with Crippen molar-refractivity contribution >= 4 is 22.4 Å². The first-order valence-corrected chi connectivity index (χ1v) is 5.96. The predicted molar refractivity (Wildman–Crippen MR) is 63.3 cm³/mol. The van der Waals surface area contributed by atoms with Gasteiger partial charge in [0.25, 0.3) is 0 Å². The smallest absolute Gasteiger partial charge is 0.142 e. The van der Waals surface area contributed by atoms with E-state index >= 15 is 0 Å². The second kappa shape index (κ2) is 3.98. The summed E-state index contributed by atoms with van der Waals surface area (Å²) >= 11 is 1.45. The molecule has 1 aromatic heterocycles. The van der Waals surface area contributed by atoms with Crippen molar-refractivity contribution in [2.24, 2.45) is 5.92 Å². The number of hydrogen-bond donors (Lipinski definition) is 2. The number of anilines is 2. The third-order valence-corrected chi connectivity index (χ3v) is 4.10. The Kier molecular flexibility index (Phi) is 2.84. The first-order chi connectivity index (χ1) is 7.08. The van der Waals surface area contributed by atoms with Crippen LogP contribution in [0.3, 0.4) is 0 Å². The van der Waals surface area contributed by atoms with Crippen LogP contribution in [0.1, 0.15) is 18.4 Å². The van der Waals surface area contributed by atoms with Gasteiger partial charge in [0.15, 0.2) is 0 Å². The molecule has 0 amide bonds. The molecule has 1 aliphatic carbocycles. The average Bonchev–Trinajstić information content (AvgIpc) is 2.45. The van der Waals surface area contributed by atoms with Gasteiger partial charge in [-0.1, -0.05) is 0 Å². The minimum Gasteiger partial charge on any atom is -0.393 e. The van der Waals surface area contributed by atoms with Crippen LogP contribution in [0.4, 0.5) is 10.8 Å². The molecule has 1 fully saturated rings. The Bertz CT molecular complexity index is 346. The lowest BCUT2D eigenvalue weighted by molar-refractivity contribution is 0.0465. The Morgan fingerprint density at radius 2 is 2.27 bits per heavy atom. The van der Waals surface area contributed by atoms with E-state index in [9.17, 15) is 5.11 Å². The Morgan fingerprint density at radius 1 is 1.60 bits per heavy atom. The average molecular weight is 227 g/mol. The fourth-order valence-corrected chi connectivity index (χ4v) is 2.79. The molecule has 4 nitrogen and oxygen atoms in total. The summed E-state index contributed by atoms with van der Waals surface area (Å²) in [6.45, 7) is 2.99. The minimum absolute atomic E-state index is 0.0731. The number of nitrogens with zero attached hydrogens (tertiary/aromatic N) is 2. The van der Waals surface area contributed by atoms with Crippen molar-refractivity contribution in [2.75, 3.05) is 24.2 Å². The maximum absolute atomic E-state index is 9.21. The van der Waals surface area contributed by atoms with Crippen LogP contribution < -0.4 is 10.6 Å². The van der Waals surface area contributed by atoms with E-state index in [1.807, 2.05) is 6.92 Å². The Hall–Kier alpha value is -0.810.